The van der Waals surface area contributed by atoms with Crippen molar-refractivity contribution in [3.8, 4) is 12.1 Å². The van der Waals surface area contributed by atoms with Gasteiger partial charge in [-0.25, -0.2) is 0 Å². The molecule has 0 atom stereocenters. The molecule has 3 aromatic carbocycles. The average Bonchev–Trinajstić information content (AvgIpc) is 2.95. The minimum atomic E-state index is -0.542. The molecule has 0 radical (unpaired) electrons. The predicted molar refractivity (Wildman–Crippen MR) is 158 cm³/mol. The minimum absolute atomic E-state index is 0.128. The molecular weight excluding hydrogens is 548 g/mol. The average molecular weight is 575 g/mol. The van der Waals surface area contributed by atoms with Crippen LogP contribution in [-0.2, 0) is 0 Å². The number of nitrogens with zero attached hydrogens (tertiary/aromatic N) is 4. The Kier molecular flexibility index (Phi) is 10.9. The van der Waals surface area contributed by atoms with Crippen molar-refractivity contribution in [1.29, 1.82) is 10.5 Å². The lowest BCUT2D eigenvalue weighted by Crippen LogP contribution is -2.15. The molecule has 2 N–H and O–H groups in total. The molecule has 12 heteroatoms. The highest BCUT2D eigenvalue weighted by Crippen LogP contribution is 2.38. The lowest BCUT2D eigenvalue weighted by atomic mass is 10.1. The fraction of sp³-hybridized carbons (Fsp3) is 0.214. The molecule has 0 aliphatic rings. The number of amides is 2. The molecule has 3 aromatic rings. The maximum absolute atomic E-state index is 13.1. The summed E-state index contributed by atoms with van der Waals surface area (Å²) < 4.78 is 0. The fourth-order valence-electron chi connectivity index (χ4n) is 3.44. The third-order valence-corrected chi connectivity index (χ3v) is 7.62. The number of non-ortho nitro benzene ring substituents is 1. The number of hydrogen-bond acceptors (Lipinski definition) is 9. The molecule has 2 amide bonds. The lowest BCUT2D eigenvalue weighted by Gasteiger charge is -2.18. The summed E-state index contributed by atoms with van der Waals surface area (Å²) in [5, 5.41) is 34.8. The second kappa shape index (κ2) is 14.6. The highest BCUT2D eigenvalue weighted by atomic mass is 32.2. The van der Waals surface area contributed by atoms with Crippen LogP contribution in [0.2, 0.25) is 0 Å². The molecule has 40 heavy (non-hydrogen) atoms. The second-order valence-corrected chi connectivity index (χ2v) is 10.8. The van der Waals surface area contributed by atoms with E-state index in [1.54, 1.807) is 24.3 Å². The molecule has 0 aliphatic heterocycles. The van der Waals surface area contributed by atoms with E-state index < -0.39 is 10.8 Å². The smallest absolute Gasteiger partial charge is 0.269 e. The molecule has 0 saturated heterocycles. The molecule has 0 aliphatic carbocycles. The number of nitro groups is 1. The first-order chi connectivity index (χ1) is 19.2. The Morgan fingerprint density at radius 1 is 0.825 bits per heavy atom. The number of rotatable bonds is 12. The molecular formula is C28H26N6O4S2. The van der Waals surface area contributed by atoms with Gasteiger partial charge in [0.1, 0.15) is 0 Å². The van der Waals surface area contributed by atoms with Crippen LogP contribution < -0.4 is 15.5 Å². The van der Waals surface area contributed by atoms with Gasteiger partial charge in [0.2, 0.25) is 0 Å². The summed E-state index contributed by atoms with van der Waals surface area (Å²) in [4.78, 5) is 39.8. The number of nitriles is 2. The SMILES string of the molecule is CN(C)c1ccc(C(=O)Nc2cc(SCCC#N)c(NC(=O)c3ccc([N+](=O)[O-])cc3)cc2SCCC#N)cc1. The molecule has 0 aromatic heterocycles. The Labute approximate surface area is 240 Å². The van der Waals surface area contributed by atoms with Gasteiger partial charge in [0.05, 0.1) is 28.4 Å². The van der Waals surface area contributed by atoms with Gasteiger partial charge < -0.3 is 15.5 Å². The topological polar surface area (TPSA) is 152 Å². The highest BCUT2D eigenvalue weighted by Gasteiger charge is 2.17. The number of thioether (sulfide) groups is 2. The van der Waals surface area contributed by atoms with E-state index in [2.05, 4.69) is 22.8 Å². The van der Waals surface area contributed by atoms with Crippen molar-refractivity contribution in [2.75, 3.05) is 41.1 Å². The standard InChI is InChI=1S/C28H26N6O4S2/c1-33(2)21-9-5-19(6-10-21)27(35)31-23-17-26(40-16-4-14-30)24(18-25(23)39-15-3-13-29)32-28(36)20-7-11-22(12-8-20)34(37)38/h5-12,17-18H,3-4,15-16H2,1-2H3,(H,31,35)(H,32,36). The zero-order valence-corrected chi connectivity index (χ0v) is 23.5. The fourth-order valence-corrected chi connectivity index (χ4v) is 5.20. The Hall–Kier alpha value is -4.52. The summed E-state index contributed by atoms with van der Waals surface area (Å²) >= 11 is 2.71. The van der Waals surface area contributed by atoms with Crippen LogP contribution >= 0.6 is 23.5 Å². The third-order valence-electron chi connectivity index (χ3n) is 5.51. The van der Waals surface area contributed by atoms with Gasteiger partial charge in [0.25, 0.3) is 17.5 Å². The van der Waals surface area contributed by atoms with E-state index in [0.29, 0.717) is 38.2 Å². The van der Waals surface area contributed by atoms with Crippen molar-refractivity contribution in [2.24, 2.45) is 0 Å². The number of nitro benzene ring substituents is 1. The van der Waals surface area contributed by atoms with Crippen LogP contribution in [0.25, 0.3) is 0 Å². The van der Waals surface area contributed by atoms with Gasteiger partial charge >= 0.3 is 0 Å². The van der Waals surface area contributed by atoms with E-state index in [1.165, 1.54) is 47.8 Å². The molecule has 3 rings (SSSR count). The molecule has 0 fully saturated rings. The van der Waals surface area contributed by atoms with E-state index >= 15 is 0 Å². The summed E-state index contributed by atoms with van der Waals surface area (Å²) in [6, 6.07) is 20.1. The van der Waals surface area contributed by atoms with Gasteiger partial charge in [-0.15, -0.1) is 23.5 Å². The van der Waals surface area contributed by atoms with Crippen molar-refractivity contribution >= 4 is 58.1 Å². The van der Waals surface area contributed by atoms with E-state index in [1.807, 2.05) is 31.1 Å². The monoisotopic (exact) mass is 574 g/mol. The number of nitrogens with one attached hydrogen (secondary N) is 2. The Morgan fingerprint density at radius 2 is 1.25 bits per heavy atom. The maximum atomic E-state index is 13.1. The first kappa shape index (κ1) is 30.0. The number of hydrogen-bond donors (Lipinski definition) is 2. The maximum Gasteiger partial charge on any atom is 0.269 e. The van der Waals surface area contributed by atoms with E-state index in [4.69, 9.17) is 10.5 Å². The van der Waals surface area contributed by atoms with Crippen LogP contribution in [0.4, 0.5) is 22.7 Å². The summed E-state index contributed by atoms with van der Waals surface area (Å²) in [6.45, 7) is 0. The highest BCUT2D eigenvalue weighted by molar-refractivity contribution is 8.00. The van der Waals surface area contributed by atoms with Gasteiger partial charge in [-0.3, -0.25) is 19.7 Å². The predicted octanol–water partition coefficient (Wildman–Crippen LogP) is 6.18. The zero-order valence-electron chi connectivity index (χ0n) is 21.8. The zero-order chi connectivity index (χ0) is 29.1. The van der Waals surface area contributed by atoms with Crippen LogP contribution in [0.5, 0.6) is 0 Å². The van der Waals surface area contributed by atoms with Crippen LogP contribution in [0.15, 0.2) is 70.5 Å². The first-order valence-corrected chi connectivity index (χ1v) is 14.0. The Balaban J connectivity index is 1.95. The summed E-state index contributed by atoms with van der Waals surface area (Å²) in [7, 11) is 3.82. The summed E-state index contributed by atoms with van der Waals surface area (Å²) in [6.07, 6.45) is 0.562. The number of benzene rings is 3. The van der Waals surface area contributed by atoms with E-state index in [9.17, 15) is 19.7 Å². The normalized spacial score (nSPS) is 10.2. The van der Waals surface area contributed by atoms with Crippen LogP contribution in [0.3, 0.4) is 0 Å². The number of carbonyl (C=O) groups excluding carboxylic acids is 2. The van der Waals surface area contributed by atoms with Gasteiger partial charge in [0, 0.05) is 77.2 Å². The van der Waals surface area contributed by atoms with Gasteiger partial charge in [-0.05, 0) is 48.5 Å². The summed E-state index contributed by atoms with van der Waals surface area (Å²) in [5.74, 6) is 0.135. The largest absolute Gasteiger partial charge is 0.378 e. The number of carbonyl (C=O) groups is 2. The van der Waals surface area contributed by atoms with Crippen LogP contribution in [0.1, 0.15) is 33.6 Å². The molecule has 0 spiro atoms. The van der Waals surface area contributed by atoms with E-state index in [-0.39, 0.29) is 30.0 Å². The van der Waals surface area contributed by atoms with Gasteiger partial charge in [0.15, 0.2) is 0 Å². The molecule has 0 bridgehead atoms. The Morgan fingerprint density at radius 3 is 1.62 bits per heavy atom. The van der Waals surface area contributed by atoms with E-state index in [0.717, 1.165) is 5.69 Å². The molecule has 10 nitrogen and oxygen atoms in total. The minimum Gasteiger partial charge on any atom is -0.378 e. The van der Waals surface area contributed by atoms with Gasteiger partial charge in [-0.1, -0.05) is 0 Å². The first-order valence-electron chi connectivity index (χ1n) is 12.1. The second-order valence-electron chi connectivity index (χ2n) is 8.51. The van der Waals surface area contributed by atoms with Crippen molar-refractivity contribution < 1.29 is 14.5 Å². The van der Waals surface area contributed by atoms with Crippen molar-refractivity contribution in [3.63, 3.8) is 0 Å². The molecule has 0 heterocycles. The van der Waals surface area contributed by atoms with Crippen molar-refractivity contribution in [1.82, 2.24) is 0 Å². The number of anilines is 3. The quantitative estimate of drug-likeness (QED) is 0.112. The molecule has 204 valence electrons. The van der Waals surface area contributed by atoms with Crippen LogP contribution in [-0.4, -0.2) is 42.3 Å². The molecule has 0 saturated carbocycles. The van der Waals surface area contributed by atoms with Crippen molar-refractivity contribution in [3.05, 3.63) is 81.9 Å². The lowest BCUT2D eigenvalue weighted by molar-refractivity contribution is -0.384. The van der Waals surface area contributed by atoms with Gasteiger partial charge in [-0.2, -0.15) is 10.5 Å². The molecule has 0 unspecified atom stereocenters. The van der Waals surface area contributed by atoms with Crippen molar-refractivity contribution in [2.45, 2.75) is 22.6 Å². The third kappa shape index (κ3) is 8.24. The Bertz CT molecular complexity index is 1460. The summed E-state index contributed by atoms with van der Waals surface area (Å²) in [5.41, 5.74) is 2.49. The van der Waals surface area contributed by atoms with Crippen LogP contribution in [0, 0.1) is 32.8 Å².